The molecule has 2 N–H and O–H groups in total. The van der Waals surface area contributed by atoms with E-state index >= 15 is 0 Å². The van der Waals surface area contributed by atoms with Gasteiger partial charge in [-0.15, -0.1) is 0 Å². The number of hydrogen-bond acceptors (Lipinski definition) is 9. The zero-order chi connectivity index (χ0) is 31.3. The van der Waals surface area contributed by atoms with Gasteiger partial charge in [0.25, 0.3) is 5.91 Å². The van der Waals surface area contributed by atoms with Crippen LogP contribution in [0.3, 0.4) is 0 Å². The Hall–Kier alpha value is -3.55. The minimum Gasteiger partial charge on any atom is -0.378 e. The molecule has 0 aliphatic carbocycles. The van der Waals surface area contributed by atoms with Crippen LogP contribution >= 0.6 is 11.8 Å². The standard InChI is InChI=1S/C33H43N7O4S/c1-24-20-39(16-19-44-24)40-22-30(45-31(23-40)37-14-17-43-18-15-37)25-4-8-27(9-5-25)34-33(42)35-28-10-6-26(7-11-28)32(41)38-13-12-29(21-38)36(2)3/h4-11,22-24,29H,12-21H2,1-3H3,(H2,34,35,42). The van der Waals surface area contributed by atoms with Crippen molar-refractivity contribution in [3.63, 3.8) is 0 Å². The van der Waals surface area contributed by atoms with Crippen molar-refractivity contribution in [1.29, 1.82) is 0 Å². The lowest BCUT2D eigenvalue weighted by molar-refractivity contribution is -0.0784. The van der Waals surface area contributed by atoms with E-state index in [9.17, 15) is 9.59 Å². The molecule has 3 amide bonds. The lowest BCUT2D eigenvalue weighted by atomic mass is 10.2. The predicted molar refractivity (Wildman–Crippen MR) is 178 cm³/mol. The summed E-state index contributed by atoms with van der Waals surface area (Å²) in [5.74, 6) is 0.0249. The Bertz CT molecular complexity index is 1410. The van der Waals surface area contributed by atoms with Crippen molar-refractivity contribution in [2.75, 3.05) is 83.8 Å². The third kappa shape index (κ3) is 7.82. The molecule has 4 heterocycles. The highest BCUT2D eigenvalue weighted by Gasteiger charge is 2.29. The molecule has 4 aliphatic rings. The minimum atomic E-state index is -0.341. The SMILES string of the molecule is CC1CN(N2C=C(c3ccc(NC(=O)Nc4ccc(C(=O)N5CCC(N(C)C)C5)cc4)cc3)SC(N3CCOCC3)=C2)CCO1. The van der Waals surface area contributed by atoms with E-state index in [4.69, 9.17) is 9.47 Å². The van der Waals surface area contributed by atoms with E-state index in [1.807, 2.05) is 43.3 Å². The number of likely N-dealkylation sites (tertiary alicyclic amines) is 1. The van der Waals surface area contributed by atoms with Crippen LogP contribution in [0.4, 0.5) is 16.2 Å². The lowest BCUT2D eigenvalue weighted by Gasteiger charge is -2.41. The fourth-order valence-corrected chi connectivity index (χ4v) is 7.02. The molecule has 3 saturated heterocycles. The number of morpholine rings is 2. The van der Waals surface area contributed by atoms with Gasteiger partial charge in [-0.1, -0.05) is 23.9 Å². The van der Waals surface area contributed by atoms with E-state index in [0.29, 0.717) is 29.6 Å². The summed E-state index contributed by atoms with van der Waals surface area (Å²) in [6, 6.07) is 15.0. The molecule has 6 rings (SSSR count). The molecule has 0 radical (unpaired) electrons. The summed E-state index contributed by atoms with van der Waals surface area (Å²) in [5, 5.41) is 11.5. The molecule has 0 aromatic heterocycles. The summed E-state index contributed by atoms with van der Waals surface area (Å²) < 4.78 is 11.4. The van der Waals surface area contributed by atoms with Crippen LogP contribution in [0.25, 0.3) is 4.91 Å². The van der Waals surface area contributed by atoms with Gasteiger partial charge in [-0.25, -0.2) is 9.80 Å². The summed E-state index contributed by atoms with van der Waals surface area (Å²) >= 11 is 1.76. The van der Waals surface area contributed by atoms with Gasteiger partial charge in [-0.2, -0.15) is 0 Å². The van der Waals surface area contributed by atoms with E-state index in [-0.39, 0.29) is 18.0 Å². The molecule has 2 atom stereocenters. The Balaban J connectivity index is 1.07. The summed E-state index contributed by atoms with van der Waals surface area (Å²) in [6.07, 6.45) is 5.55. The molecule has 45 heavy (non-hydrogen) atoms. The number of urea groups is 1. The Kier molecular flexibility index (Phi) is 9.96. The van der Waals surface area contributed by atoms with Gasteiger partial charge in [-0.05, 0) is 69.4 Å². The van der Waals surface area contributed by atoms with Gasteiger partial charge in [0.2, 0.25) is 0 Å². The molecule has 240 valence electrons. The number of carbonyl (C=O) groups excluding carboxylic acids is 2. The van der Waals surface area contributed by atoms with Crippen LogP contribution in [0, 0.1) is 0 Å². The molecule has 12 heteroatoms. The number of anilines is 2. The summed E-state index contributed by atoms with van der Waals surface area (Å²) in [6.45, 7) is 9.16. The monoisotopic (exact) mass is 633 g/mol. The Labute approximate surface area is 269 Å². The smallest absolute Gasteiger partial charge is 0.323 e. The van der Waals surface area contributed by atoms with E-state index in [1.54, 1.807) is 36.0 Å². The third-order valence-electron chi connectivity index (χ3n) is 8.57. The van der Waals surface area contributed by atoms with Gasteiger partial charge in [-0.3, -0.25) is 9.80 Å². The number of thioether (sulfide) groups is 1. The second kappa shape index (κ2) is 14.3. The van der Waals surface area contributed by atoms with Crippen molar-refractivity contribution in [3.8, 4) is 0 Å². The average Bonchev–Trinajstić information content (AvgIpc) is 3.56. The van der Waals surface area contributed by atoms with E-state index < -0.39 is 0 Å². The van der Waals surface area contributed by atoms with Crippen LogP contribution in [0.15, 0.2) is 66.0 Å². The first kappa shape index (κ1) is 31.4. The van der Waals surface area contributed by atoms with Gasteiger partial charge >= 0.3 is 6.03 Å². The molecule has 0 bridgehead atoms. The first-order valence-electron chi connectivity index (χ1n) is 15.7. The normalized spacial score (nSPS) is 22.7. The maximum absolute atomic E-state index is 12.9. The fourth-order valence-electron chi connectivity index (χ4n) is 5.91. The molecule has 3 fully saturated rings. The number of nitrogens with zero attached hydrogens (tertiary/aromatic N) is 5. The summed E-state index contributed by atoms with van der Waals surface area (Å²) in [7, 11) is 4.10. The molecule has 2 aromatic rings. The van der Waals surface area contributed by atoms with Gasteiger partial charge in [0, 0.05) is 73.4 Å². The topological polar surface area (TPSA) is 92.9 Å². The zero-order valence-electron chi connectivity index (χ0n) is 26.3. The number of benzene rings is 2. The fraction of sp³-hybridized carbons (Fsp3) is 0.455. The first-order valence-corrected chi connectivity index (χ1v) is 16.5. The first-order chi connectivity index (χ1) is 21.8. The van der Waals surface area contributed by atoms with Crippen LogP contribution in [0.5, 0.6) is 0 Å². The number of hydrazine groups is 1. The highest BCUT2D eigenvalue weighted by molar-refractivity contribution is 8.11. The number of nitrogens with one attached hydrogen (secondary N) is 2. The molecule has 0 spiro atoms. The molecule has 2 aromatic carbocycles. The maximum atomic E-state index is 12.9. The second-order valence-corrected chi connectivity index (χ2v) is 13.1. The highest BCUT2D eigenvalue weighted by Crippen LogP contribution is 2.40. The third-order valence-corrected chi connectivity index (χ3v) is 9.71. The van der Waals surface area contributed by atoms with Crippen LogP contribution in [-0.2, 0) is 9.47 Å². The van der Waals surface area contributed by atoms with Gasteiger partial charge < -0.3 is 34.8 Å². The maximum Gasteiger partial charge on any atom is 0.323 e. The number of carbonyl (C=O) groups is 2. The zero-order valence-corrected chi connectivity index (χ0v) is 27.1. The van der Waals surface area contributed by atoms with E-state index in [1.165, 1.54) is 5.03 Å². The largest absolute Gasteiger partial charge is 0.378 e. The average molecular weight is 634 g/mol. The number of likely N-dealkylation sites (N-methyl/N-ethyl adjacent to an activating group) is 1. The van der Waals surface area contributed by atoms with Crippen molar-refractivity contribution in [3.05, 3.63) is 77.1 Å². The number of hydrogen-bond donors (Lipinski definition) is 2. The summed E-state index contributed by atoms with van der Waals surface area (Å²) in [5.41, 5.74) is 3.01. The molecular formula is C33H43N7O4S. The van der Waals surface area contributed by atoms with Crippen LogP contribution < -0.4 is 10.6 Å². The van der Waals surface area contributed by atoms with E-state index in [2.05, 4.69) is 49.8 Å². The van der Waals surface area contributed by atoms with Crippen LogP contribution in [-0.4, -0.2) is 122 Å². The molecular weight excluding hydrogens is 590 g/mol. The summed E-state index contributed by atoms with van der Waals surface area (Å²) in [4.78, 5) is 33.3. The van der Waals surface area contributed by atoms with Crippen molar-refractivity contribution >= 4 is 40.0 Å². The highest BCUT2D eigenvalue weighted by atomic mass is 32.2. The Morgan fingerprint density at radius 2 is 1.56 bits per heavy atom. The quantitative estimate of drug-likeness (QED) is 0.465. The van der Waals surface area contributed by atoms with Gasteiger partial charge in [0.05, 0.1) is 37.2 Å². The molecule has 2 unspecified atom stereocenters. The van der Waals surface area contributed by atoms with E-state index in [0.717, 1.165) is 69.4 Å². The Morgan fingerprint density at radius 3 is 2.20 bits per heavy atom. The van der Waals surface area contributed by atoms with Crippen LogP contribution in [0.2, 0.25) is 0 Å². The van der Waals surface area contributed by atoms with Gasteiger partial charge in [0.1, 0.15) is 0 Å². The molecule has 4 aliphatic heterocycles. The predicted octanol–water partition coefficient (Wildman–Crippen LogP) is 4.22. The van der Waals surface area contributed by atoms with Crippen molar-refractivity contribution < 1.29 is 19.1 Å². The van der Waals surface area contributed by atoms with Crippen molar-refractivity contribution in [1.82, 2.24) is 24.7 Å². The minimum absolute atomic E-state index is 0.0249. The second-order valence-electron chi connectivity index (χ2n) is 12.0. The number of amides is 3. The van der Waals surface area contributed by atoms with Crippen molar-refractivity contribution in [2.24, 2.45) is 0 Å². The van der Waals surface area contributed by atoms with Crippen LogP contribution in [0.1, 0.15) is 29.3 Å². The molecule has 0 saturated carbocycles. The molecule has 11 nitrogen and oxygen atoms in total. The van der Waals surface area contributed by atoms with Crippen molar-refractivity contribution in [2.45, 2.75) is 25.5 Å². The number of ether oxygens (including phenoxy) is 2. The lowest BCUT2D eigenvalue weighted by Crippen LogP contribution is -2.48. The van der Waals surface area contributed by atoms with Gasteiger partial charge in [0.15, 0.2) is 0 Å². The number of rotatable bonds is 7. The Morgan fingerprint density at radius 1 is 0.867 bits per heavy atom.